The summed E-state index contributed by atoms with van der Waals surface area (Å²) < 4.78 is 45.5. The number of pyridine rings is 2. The van der Waals surface area contributed by atoms with E-state index in [2.05, 4.69) is 9.97 Å². The summed E-state index contributed by atoms with van der Waals surface area (Å²) >= 11 is 0. The summed E-state index contributed by atoms with van der Waals surface area (Å²) in [5.74, 6) is -0.274. The topological polar surface area (TPSA) is 67.8 Å². The van der Waals surface area contributed by atoms with Gasteiger partial charge in [0.15, 0.2) is 0 Å². The maximum atomic E-state index is 13.5. The fourth-order valence-electron chi connectivity index (χ4n) is 3.45. The molecule has 1 aromatic carbocycles. The predicted molar refractivity (Wildman–Crippen MR) is 110 cm³/mol. The SMILES string of the molecule is COc1cc2c(cc1C(F)(F)F)N(C(=O)N(OCc1ccncc1)c1cccnc1)CC2. The van der Waals surface area contributed by atoms with Gasteiger partial charge in [-0.25, -0.2) is 4.79 Å². The summed E-state index contributed by atoms with van der Waals surface area (Å²) in [5, 5.41) is 1.04. The third-order valence-electron chi connectivity index (χ3n) is 5.00. The molecule has 166 valence electrons. The summed E-state index contributed by atoms with van der Waals surface area (Å²) in [6.07, 6.45) is 1.94. The lowest BCUT2D eigenvalue weighted by atomic mass is 10.1. The predicted octanol–water partition coefficient (Wildman–Crippen LogP) is 4.62. The first-order valence-electron chi connectivity index (χ1n) is 9.70. The van der Waals surface area contributed by atoms with E-state index in [9.17, 15) is 18.0 Å². The number of hydroxylamine groups is 1. The minimum atomic E-state index is -4.63. The largest absolute Gasteiger partial charge is 0.496 e. The van der Waals surface area contributed by atoms with Crippen LogP contribution in [0.15, 0.2) is 61.2 Å². The molecule has 0 aliphatic carbocycles. The first-order chi connectivity index (χ1) is 15.4. The van der Waals surface area contributed by atoms with Crippen LogP contribution in [0.4, 0.5) is 29.3 Å². The number of carbonyl (C=O) groups is 1. The number of benzene rings is 1. The molecule has 1 aliphatic heterocycles. The van der Waals surface area contributed by atoms with Crippen molar-refractivity contribution in [2.24, 2.45) is 0 Å². The minimum absolute atomic E-state index is 0.0558. The highest BCUT2D eigenvalue weighted by atomic mass is 19.4. The number of halogens is 3. The van der Waals surface area contributed by atoms with Gasteiger partial charge in [0.05, 0.1) is 24.6 Å². The van der Waals surface area contributed by atoms with Crippen molar-refractivity contribution < 1.29 is 27.5 Å². The number of alkyl halides is 3. The molecule has 7 nitrogen and oxygen atoms in total. The molecule has 0 atom stereocenters. The first-order valence-corrected chi connectivity index (χ1v) is 9.70. The number of carbonyl (C=O) groups excluding carboxylic acids is 1. The second kappa shape index (κ2) is 8.83. The van der Waals surface area contributed by atoms with E-state index in [0.717, 1.165) is 16.7 Å². The van der Waals surface area contributed by atoms with Crippen LogP contribution in [-0.2, 0) is 24.0 Å². The van der Waals surface area contributed by atoms with Crippen molar-refractivity contribution in [1.82, 2.24) is 9.97 Å². The van der Waals surface area contributed by atoms with Gasteiger partial charge in [-0.1, -0.05) is 0 Å². The third-order valence-corrected chi connectivity index (χ3v) is 5.00. The number of nitrogens with zero attached hydrogens (tertiary/aromatic N) is 4. The van der Waals surface area contributed by atoms with Crippen molar-refractivity contribution in [3.05, 3.63) is 77.9 Å². The molecule has 0 radical (unpaired) electrons. The van der Waals surface area contributed by atoms with Gasteiger partial charge in [0.2, 0.25) is 0 Å². The fourth-order valence-corrected chi connectivity index (χ4v) is 3.45. The normalized spacial score (nSPS) is 13.1. The van der Waals surface area contributed by atoms with Gasteiger partial charge in [-0.05, 0) is 53.9 Å². The number of hydrogen-bond acceptors (Lipinski definition) is 5. The zero-order valence-corrected chi connectivity index (χ0v) is 17.0. The van der Waals surface area contributed by atoms with Crippen LogP contribution in [0.3, 0.4) is 0 Å². The Labute approximate surface area is 182 Å². The van der Waals surface area contributed by atoms with Gasteiger partial charge < -0.3 is 4.74 Å². The van der Waals surface area contributed by atoms with Gasteiger partial charge in [-0.2, -0.15) is 18.2 Å². The lowest BCUT2D eigenvalue weighted by Crippen LogP contribution is -2.42. The van der Waals surface area contributed by atoms with Crippen LogP contribution in [0.2, 0.25) is 0 Å². The quantitative estimate of drug-likeness (QED) is 0.537. The molecule has 32 heavy (non-hydrogen) atoms. The van der Waals surface area contributed by atoms with Crippen molar-refractivity contribution in [2.75, 3.05) is 23.6 Å². The molecular formula is C22H19F3N4O3. The third kappa shape index (κ3) is 4.35. The van der Waals surface area contributed by atoms with E-state index in [0.29, 0.717) is 17.7 Å². The summed E-state index contributed by atoms with van der Waals surface area (Å²) in [7, 11) is 1.19. The Morgan fingerprint density at radius 1 is 1.16 bits per heavy atom. The summed E-state index contributed by atoms with van der Waals surface area (Å²) in [6.45, 7) is 0.258. The molecule has 2 aromatic heterocycles. The van der Waals surface area contributed by atoms with E-state index < -0.39 is 17.8 Å². The number of urea groups is 1. The molecule has 0 fully saturated rings. The molecule has 0 N–H and O–H groups in total. The molecule has 1 aliphatic rings. The maximum absolute atomic E-state index is 13.5. The fraction of sp³-hybridized carbons (Fsp3) is 0.227. The van der Waals surface area contributed by atoms with Crippen LogP contribution < -0.4 is 14.7 Å². The molecule has 0 bridgehead atoms. The van der Waals surface area contributed by atoms with E-state index in [1.807, 2.05) is 0 Å². The lowest BCUT2D eigenvalue weighted by molar-refractivity contribution is -0.138. The average molecular weight is 444 g/mol. The number of anilines is 2. The molecule has 0 spiro atoms. The number of amides is 2. The second-order valence-corrected chi connectivity index (χ2v) is 7.00. The van der Waals surface area contributed by atoms with E-state index in [1.165, 1.54) is 24.3 Å². The minimum Gasteiger partial charge on any atom is -0.496 e. The molecule has 4 rings (SSSR count). The molecule has 3 aromatic rings. The van der Waals surface area contributed by atoms with Crippen molar-refractivity contribution in [1.29, 1.82) is 0 Å². The number of fused-ring (bicyclic) bond motifs is 1. The van der Waals surface area contributed by atoms with E-state index in [1.54, 1.807) is 42.9 Å². The van der Waals surface area contributed by atoms with Gasteiger partial charge in [-0.15, -0.1) is 0 Å². The lowest BCUT2D eigenvalue weighted by Gasteiger charge is -2.27. The van der Waals surface area contributed by atoms with Crippen molar-refractivity contribution >= 4 is 17.4 Å². The van der Waals surface area contributed by atoms with Crippen LogP contribution in [0.1, 0.15) is 16.7 Å². The molecular weight excluding hydrogens is 425 g/mol. The Bertz CT molecular complexity index is 1090. The van der Waals surface area contributed by atoms with Crippen molar-refractivity contribution in [2.45, 2.75) is 19.2 Å². The highest BCUT2D eigenvalue weighted by molar-refractivity contribution is 6.03. The molecule has 0 saturated heterocycles. The van der Waals surface area contributed by atoms with Crippen LogP contribution >= 0.6 is 0 Å². The van der Waals surface area contributed by atoms with Gasteiger partial charge in [0.25, 0.3) is 0 Å². The monoisotopic (exact) mass is 444 g/mol. The molecule has 10 heteroatoms. The first kappa shape index (κ1) is 21.6. The highest BCUT2D eigenvalue weighted by Crippen LogP contribution is 2.42. The van der Waals surface area contributed by atoms with Gasteiger partial charge in [-0.3, -0.25) is 19.7 Å². The zero-order chi connectivity index (χ0) is 22.7. The molecule has 0 unspecified atom stereocenters. The Morgan fingerprint density at radius 3 is 2.59 bits per heavy atom. The Balaban J connectivity index is 1.67. The van der Waals surface area contributed by atoms with Crippen molar-refractivity contribution in [3.63, 3.8) is 0 Å². The number of methoxy groups -OCH3 is 1. The zero-order valence-electron chi connectivity index (χ0n) is 17.0. The summed E-state index contributed by atoms with van der Waals surface area (Å²) in [6, 6.07) is 8.39. The van der Waals surface area contributed by atoms with Crippen LogP contribution in [0, 0.1) is 0 Å². The Morgan fingerprint density at radius 2 is 1.94 bits per heavy atom. The number of hydrogen-bond donors (Lipinski definition) is 0. The number of rotatable bonds is 5. The Kier molecular flexibility index (Phi) is 5.95. The maximum Gasteiger partial charge on any atom is 0.420 e. The summed E-state index contributed by atoms with van der Waals surface area (Å²) in [4.78, 5) is 28.4. The van der Waals surface area contributed by atoms with Crippen LogP contribution in [0.25, 0.3) is 0 Å². The molecule has 3 heterocycles. The molecule has 2 amide bonds. The van der Waals surface area contributed by atoms with Crippen LogP contribution in [-0.4, -0.2) is 29.7 Å². The van der Waals surface area contributed by atoms with Crippen LogP contribution in [0.5, 0.6) is 5.75 Å². The van der Waals surface area contributed by atoms with E-state index in [-0.39, 0.29) is 24.6 Å². The molecule has 0 saturated carbocycles. The second-order valence-electron chi connectivity index (χ2n) is 7.00. The van der Waals surface area contributed by atoms with Gasteiger partial charge >= 0.3 is 12.2 Å². The number of aromatic nitrogens is 2. The van der Waals surface area contributed by atoms with Gasteiger partial charge in [0, 0.05) is 30.8 Å². The van der Waals surface area contributed by atoms with Gasteiger partial charge in [0.1, 0.15) is 12.4 Å². The highest BCUT2D eigenvalue weighted by Gasteiger charge is 2.38. The van der Waals surface area contributed by atoms with E-state index >= 15 is 0 Å². The smallest absolute Gasteiger partial charge is 0.420 e. The van der Waals surface area contributed by atoms with E-state index in [4.69, 9.17) is 9.57 Å². The summed E-state index contributed by atoms with van der Waals surface area (Å²) in [5.41, 5.74) is 0.939. The standard InChI is InChI=1S/C22H19F3N4O3/c1-31-20-11-16-6-10-28(19(16)12-18(20)22(23,24)25)21(30)29(17-3-2-7-27-13-17)32-14-15-4-8-26-9-5-15/h2-5,7-9,11-13H,6,10,14H2,1H3. The Hall–Kier alpha value is -3.66. The average Bonchev–Trinajstić information content (AvgIpc) is 3.22. The number of ether oxygens (including phenoxy) is 1. The van der Waals surface area contributed by atoms with Crippen molar-refractivity contribution in [3.8, 4) is 5.75 Å².